The van der Waals surface area contributed by atoms with Crippen molar-refractivity contribution in [1.29, 1.82) is 0 Å². The molecule has 42 heavy (non-hydrogen) atoms. The topological polar surface area (TPSA) is 59.4 Å². The van der Waals surface area contributed by atoms with Gasteiger partial charge in [0.25, 0.3) is 5.60 Å². The van der Waals surface area contributed by atoms with Crippen LogP contribution in [0.2, 0.25) is 0 Å². The number of carbonyl (C=O) groups is 1. The van der Waals surface area contributed by atoms with E-state index in [0.29, 0.717) is 30.9 Å². The average molecular weight is 614 g/mol. The molecule has 0 aliphatic rings. The van der Waals surface area contributed by atoms with E-state index in [1.807, 2.05) is 38.3 Å². The molecule has 0 bridgehead atoms. The number of nitrogens with zero attached hydrogens (tertiary/aromatic N) is 1. The number of ether oxygens (including phenoxy) is 1. The Kier molecular flexibility index (Phi) is 9.99. The van der Waals surface area contributed by atoms with Crippen molar-refractivity contribution in [1.82, 2.24) is 4.98 Å². The van der Waals surface area contributed by atoms with Crippen molar-refractivity contribution in [3.8, 4) is 10.6 Å². The smallest absolute Gasteiger partial charge is 0.430 e. The minimum atomic E-state index is -5.93. The van der Waals surface area contributed by atoms with E-state index in [2.05, 4.69) is 11.1 Å². The lowest BCUT2D eigenvalue weighted by Crippen LogP contribution is -2.55. The van der Waals surface area contributed by atoms with Gasteiger partial charge in [-0.05, 0) is 60.6 Å². The zero-order valence-electron chi connectivity index (χ0n) is 23.9. The quantitative estimate of drug-likeness (QED) is 0.184. The van der Waals surface area contributed by atoms with Crippen LogP contribution < -0.4 is 0 Å². The minimum Gasteiger partial charge on any atom is -0.465 e. The first kappa shape index (κ1) is 33.3. The highest BCUT2D eigenvalue weighted by atomic mass is 32.1. The normalized spacial score (nSPS) is 13.1. The number of alkyl halides is 6. The Hall–Kier alpha value is -3.18. The molecule has 0 saturated carbocycles. The Balaban J connectivity index is 1.94. The highest BCUT2D eigenvalue weighted by molar-refractivity contribution is 7.13. The molecule has 228 valence electrons. The number of aromatic nitrogens is 1. The van der Waals surface area contributed by atoms with Gasteiger partial charge in [-0.1, -0.05) is 56.3 Å². The second kappa shape index (κ2) is 12.6. The van der Waals surface area contributed by atoms with Gasteiger partial charge in [0.05, 0.1) is 12.3 Å². The van der Waals surface area contributed by atoms with E-state index < -0.39 is 23.4 Å². The molecular formula is C31H33F6NO3S. The van der Waals surface area contributed by atoms with Crippen molar-refractivity contribution in [3.63, 3.8) is 0 Å². The van der Waals surface area contributed by atoms with Gasteiger partial charge in [-0.15, -0.1) is 11.3 Å². The number of esters is 1. The Morgan fingerprint density at radius 2 is 1.52 bits per heavy atom. The Morgan fingerprint density at radius 1 is 0.952 bits per heavy atom. The SMILES string of the molecule is CCC(CC)(c1ccc(/C=C/C(O)(C(F)(F)F)C(F)(F)F)c(C)c1)c1ccc(-c2nc(CCOC(C)=O)cs2)c(C)c1. The van der Waals surface area contributed by atoms with E-state index in [9.17, 15) is 36.2 Å². The number of thiazole rings is 1. The molecule has 0 saturated heterocycles. The summed E-state index contributed by atoms with van der Waals surface area (Å²) in [5.41, 5.74) is -0.147. The molecule has 1 aromatic heterocycles. The summed E-state index contributed by atoms with van der Waals surface area (Å²) in [4.78, 5) is 15.7. The molecule has 3 aromatic rings. The van der Waals surface area contributed by atoms with E-state index >= 15 is 0 Å². The maximum absolute atomic E-state index is 13.1. The van der Waals surface area contributed by atoms with Gasteiger partial charge < -0.3 is 9.84 Å². The van der Waals surface area contributed by atoms with Crippen LogP contribution in [0.15, 0.2) is 47.9 Å². The van der Waals surface area contributed by atoms with Crippen molar-refractivity contribution >= 4 is 23.4 Å². The number of halogens is 6. The van der Waals surface area contributed by atoms with Crippen LogP contribution in [0, 0.1) is 13.8 Å². The number of rotatable bonds is 10. The molecule has 0 radical (unpaired) electrons. The number of carbonyl (C=O) groups excluding carboxylic acids is 1. The molecule has 0 spiro atoms. The summed E-state index contributed by atoms with van der Waals surface area (Å²) in [6, 6.07) is 11.1. The second-order valence-corrected chi connectivity index (χ2v) is 11.1. The number of aryl methyl sites for hydroxylation is 2. The minimum absolute atomic E-state index is 0.131. The summed E-state index contributed by atoms with van der Waals surface area (Å²) in [7, 11) is 0. The first-order chi connectivity index (χ1) is 19.5. The van der Waals surface area contributed by atoms with Gasteiger partial charge in [0, 0.05) is 29.7 Å². The standard InChI is InChI=1S/C31H33F6NO3S/c1-6-28(7-2,23-9-8-22(19(3)16-23)12-14-29(40,30(32,33)34)31(35,36)37)24-10-11-26(20(4)17-24)27-38-25(18-42-27)13-15-41-21(5)39/h8-12,14,16-18,40H,6-7,13,15H2,1-5H3/b14-12+. The molecule has 3 rings (SSSR count). The lowest BCUT2D eigenvalue weighted by Gasteiger charge is -2.34. The Bertz CT molecular complexity index is 1420. The monoisotopic (exact) mass is 613 g/mol. The molecule has 11 heteroatoms. The fourth-order valence-corrected chi connectivity index (χ4v) is 5.94. The third-order valence-electron chi connectivity index (χ3n) is 7.62. The highest BCUT2D eigenvalue weighted by Gasteiger charge is 2.68. The Morgan fingerprint density at radius 3 is 2.02 bits per heavy atom. The number of benzene rings is 2. The summed E-state index contributed by atoms with van der Waals surface area (Å²) in [6.07, 6.45) is -9.55. The van der Waals surface area contributed by atoms with Crippen LogP contribution in [0.5, 0.6) is 0 Å². The second-order valence-electron chi connectivity index (χ2n) is 10.2. The maximum Gasteiger partial charge on any atom is 0.430 e. The fourth-order valence-electron chi connectivity index (χ4n) is 5.00. The predicted molar refractivity (Wildman–Crippen MR) is 151 cm³/mol. The molecule has 0 aliphatic carbocycles. The van der Waals surface area contributed by atoms with Gasteiger partial charge in [-0.2, -0.15) is 26.3 Å². The zero-order chi connectivity index (χ0) is 31.5. The summed E-state index contributed by atoms with van der Waals surface area (Å²) in [5, 5.41) is 12.2. The molecule has 2 aromatic carbocycles. The van der Waals surface area contributed by atoms with Crippen molar-refractivity contribution in [3.05, 3.63) is 81.4 Å². The predicted octanol–water partition coefficient (Wildman–Crippen LogP) is 8.51. The summed E-state index contributed by atoms with van der Waals surface area (Å²) in [6.45, 7) is 9.25. The third-order valence-corrected chi connectivity index (χ3v) is 8.55. The number of aliphatic hydroxyl groups is 1. The van der Waals surface area contributed by atoms with E-state index in [-0.39, 0.29) is 24.2 Å². The third kappa shape index (κ3) is 6.72. The van der Waals surface area contributed by atoms with Gasteiger partial charge in [-0.3, -0.25) is 4.79 Å². The summed E-state index contributed by atoms with van der Waals surface area (Å²) < 4.78 is 83.6. The van der Waals surface area contributed by atoms with Crippen molar-refractivity contribution < 1.29 is 41.0 Å². The lowest BCUT2D eigenvalue weighted by atomic mass is 9.69. The largest absolute Gasteiger partial charge is 0.465 e. The first-order valence-electron chi connectivity index (χ1n) is 13.3. The summed E-state index contributed by atoms with van der Waals surface area (Å²) in [5.74, 6) is -0.344. The zero-order valence-corrected chi connectivity index (χ0v) is 24.7. The molecular weight excluding hydrogens is 580 g/mol. The first-order valence-corrected chi connectivity index (χ1v) is 14.2. The van der Waals surface area contributed by atoms with Crippen LogP contribution >= 0.6 is 11.3 Å². The van der Waals surface area contributed by atoms with E-state index in [1.165, 1.54) is 24.3 Å². The van der Waals surface area contributed by atoms with Crippen molar-refractivity contribution in [2.45, 2.75) is 77.2 Å². The van der Waals surface area contributed by atoms with Crippen LogP contribution in [-0.2, 0) is 21.4 Å². The number of hydrogen-bond donors (Lipinski definition) is 1. The molecule has 0 atom stereocenters. The number of hydrogen-bond acceptors (Lipinski definition) is 5. The van der Waals surface area contributed by atoms with Gasteiger partial charge >= 0.3 is 18.3 Å². The lowest BCUT2D eigenvalue weighted by molar-refractivity contribution is -0.347. The molecule has 0 aliphatic heterocycles. The summed E-state index contributed by atoms with van der Waals surface area (Å²) >= 11 is 1.49. The van der Waals surface area contributed by atoms with E-state index in [0.717, 1.165) is 33.0 Å². The van der Waals surface area contributed by atoms with Crippen LogP contribution in [0.3, 0.4) is 0 Å². The average Bonchev–Trinajstić information content (AvgIpc) is 3.36. The van der Waals surface area contributed by atoms with Gasteiger partial charge in [-0.25, -0.2) is 4.98 Å². The molecule has 1 heterocycles. The van der Waals surface area contributed by atoms with Crippen LogP contribution in [0.4, 0.5) is 26.3 Å². The fraction of sp³-hybridized carbons (Fsp3) is 0.419. The molecule has 0 amide bonds. The van der Waals surface area contributed by atoms with E-state index in [1.54, 1.807) is 19.1 Å². The van der Waals surface area contributed by atoms with Crippen molar-refractivity contribution in [2.24, 2.45) is 0 Å². The molecule has 4 nitrogen and oxygen atoms in total. The maximum atomic E-state index is 13.1. The van der Waals surface area contributed by atoms with Crippen LogP contribution in [0.25, 0.3) is 16.6 Å². The van der Waals surface area contributed by atoms with Gasteiger partial charge in [0.15, 0.2) is 0 Å². The molecule has 0 fully saturated rings. The van der Waals surface area contributed by atoms with Gasteiger partial charge in [0.2, 0.25) is 0 Å². The van der Waals surface area contributed by atoms with Crippen LogP contribution in [0.1, 0.15) is 67.1 Å². The van der Waals surface area contributed by atoms with Gasteiger partial charge in [0.1, 0.15) is 5.01 Å². The molecule has 0 unspecified atom stereocenters. The van der Waals surface area contributed by atoms with E-state index in [4.69, 9.17) is 4.74 Å². The molecule has 1 N–H and O–H groups in total. The van der Waals surface area contributed by atoms with Crippen LogP contribution in [-0.4, -0.2) is 40.6 Å². The van der Waals surface area contributed by atoms with Crippen molar-refractivity contribution in [2.75, 3.05) is 6.61 Å². The highest BCUT2D eigenvalue weighted by Crippen LogP contribution is 2.45. The Labute approximate surface area is 245 Å².